The van der Waals surface area contributed by atoms with Gasteiger partial charge in [-0.25, -0.2) is 0 Å². The van der Waals surface area contributed by atoms with Crippen molar-refractivity contribution in [3.05, 3.63) is 58.9 Å². The highest BCUT2D eigenvalue weighted by atomic mass is 32.1. The number of piperidine rings is 1. The molecule has 0 spiro atoms. The highest BCUT2D eigenvalue weighted by Crippen LogP contribution is 2.26. The van der Waals surface area contributed by atoms with Crippen LogP contribution in [0.15, 0.2) is 42.6 Å². The number of amides is 2. The van der Waals surface area contributed by atoms with Crippen molar-refractivity contribution in [3.8, 4) is 10.6 Å². The Hall–Kier alpha value is -3.13. The lowest BCUT2D eigenvalue weighted by Gasteiger charge is -2.31. The summed E-state index contributed by atoms with van der Waals surface area (Å²) in [6, 6.07) is 11.3. The summed E-state index contributed by atoms with van der Waals surface area (Å²) in [5.41, 5.74) is 3.15. The average molecular weight is 422 g/mol. The van der Waals surface area contributed by atoms with Gasteiger partial charge < -0.3 is 10.2 Å². The Bertz CT molecular complexity index is 1060. The van der Waals surface area contributed by atoms with Crippen LogP contribution in [0, 0.1) is 19.8 Å². The summed E-state index contributed by atoms with van der Waals surface area (Å²) in [7, 11) is 0. The molecule has 1 fully saturated rings. The summed E-state index contributed by atoms with van der Waals surface area (Å²) in [6.45, 7) is 4.94. The zero-order valence-electron chi connectivity index (χ0n) is 17.0. The molecule has 0 atom stereocenters. The number of pyridine rings is 1. The van der Waals surface area contributed by atoms with E-state index in [9.17, 15) is 9.59 Å². The molecule has 1 aromatic carbocycles. The third-order valence-corrected chi connectivity index (χ3v) is 6.10. The quantitative estimate of drug-likeness (QED) is 0.694. The van der Waals surface area contributed by atoms with Crippen molar-refractivity contribution in [1.29, 1.82) is 0 Å². The number of aryl methyl sites for hydroxylation is 2. The number of carbonyl (C=O) groups is 2. The predicted molar refractivity (Wildman–Crippen MR) is 116 cm³/mol. The molecular weight excluding hydrogens is 398 g/mol. The van der Waals surface area contributed by atoms with Crippen molar-refractivity contribution in [3.63, 3.8) is 0 Å². The Balaban J connectivity index is 1.34. The lowest BCUT2D eigenvalue weighted by molar-refractivity contribution is -0.121. The fraction of sp³-hybridized carbons (Fsp3) is 0.318. The van der Waals surface area contributed by atoms with Crippen LogP contribution in [0.25, 0.3) is 10.6 Å². The average Bonchev–Trinajstić information content (AvgIpc) is 3.20. The number of likely N-dealkylation sites (tertiary alicyclic amines) is 1. The van der Waals surface area contributed by atoms with Crippen molar-refractivity contribution in [2.24, 2.45) is 5.92 Å². The van der Waals surface area contributed by atoms with Crippen molar-refractivity contribution < 1.29 is 9.59 Å². The van der Waals surface area contributed by atoms with E-state index in [0.717, 1.165) is 27.0 Å². The van der Waals surface area contributed by atoms with Crippen molar-refractivity contribution in [2.75, 3.05) is 18.4 Å². The van der Waals surface area contributed by atoms with E-state index in [1.54, 1.807) is 17.2 Å². The number of carbonyl (C=O) groups excluding carboxylic acids is 2. The zero-order chi connectivity index (χ0) is 21.1. The molecule has 3 aromatic rings. The lowest BCUT2D eigenvalue weighted by atomic mass is 9.95. The van der Waals surface area contributed by atoms with Gasteiger partial charge >= 0.3 is 0 Å². The molecule has 0 radical (unpaired) electrons. The van der Waals surface area contributed by atoms with E-state index in [1.807, 2.05) is 44.2 Å². The monoisotopic (exact) mass is 421 g/mol. The minimum Gasteiger partial charge on any atom is -0.339 e. The molecule has 1 N–H and O–H groups in total. The maximum absolute atomic E-state index is 12.8. The molecule has 0 bridgehead atoms. The van der Waals surface area contributed by atoms with Gasteiger partial charge in [0.05, 0.1) is 5.56 Å². The first kappa shape index (κ1) is 20.2. The van der Waals surface area contributed by atoms with Gasteiger partial charge in [0.15, 0.2) is 0 Å². The molecule has 1 aliphatic rings. The van der Waals surface area contributed by atoms with Crippen LogP contribution in [-0.4, -0.2) is 45.0 Å². The minimum absolute atomic E-state index is 0.00954. The first-order chi connectivity index (χ1) is 14.5. The van der Waals surface area contributed by atoms with E-state index in [-0.39, 0.29) is 17.7 Å². The van der Waals surface area contributed by atoms with Crippen molar-refractivity contribution in [1.82, 2.24) is 20.1 Å². The number of anilines is 1. The molecule has 1 aliphatic heterocycles. The van der Waals surface area contributed by atoms with Crippen molar-refractivity contribution >= 4 is 28.8 Å². The molecule has 4 rings (SSSR count). The third-order valence-electron chi connectivity index (χ3n) is 5.21. The van der Waals surface area contributed by atoms with Gasteiger partial charge in [0.1, 0.15) is 10.0 Å². The number of aromatic nitrogens is 3. The third kappa shape index (κ3) is 4.54. The second kappa shape index (κ2) is 8.71. The van der Waals surface area contributed by atoms with Gasteiger partial charge in [0, 0.05) is 42.1 Å². The maximum Gasteiger partial charge on any atom is 0.255 e. The van der Waals surface area contributed by atoms with E-state index in [2.05, 4.69) is 20.5 Å². The van der Waals surface area contributed by atoms with E-state index in [0.29, 0.717) is 31.5 Å². The molecule has 2 aromatic heterocycles. The zero-order valence-corrected chi connectivity index (χ0v) is 17.8. The molecule has 3 heterocycles. The highest BCUT2D eigenvalue weighted by molar-refractivity contribution is 7.14. The summed E-state index contributed by atoms with van der Waals surface area (Å²) >= 11 is 1.52. The molecule has 2 amide bonds. The Morgan fingerprint density at radius 3 is 2.57 bits per heavy atom. The van der Waals surface area contributed by atoms with Gasteiger partial charge in [-0.1, -0.05) is 23.5 Å². The number of benzene rings is 1. The fourth-order valence-electron chi connectivity index (χ4n) is 3.51. The van der Waals surface area contributed by atoms with E-state index in [1.165, 1.54) is 11.3 Å². The Morgan fingerprint density at radius 1 is 1.10 bits per heavy atom. The van der Waals surface area contributed by atoms with Gasteiger partial charge in [-0.05, 0) is 51.0 Å². The molecule has 1 saturated heterocycles. The lowest BCUT2D eigenvalue weighted by Crippen LogP contribution is -2.41. The van der Waals surface area contributed by atoms with Gasteiger partial charge in [-0.3, -0.25) is 14.6 Å². The predicted octanol–water partition coefficient (Wildman–Crippen LogP) is 3.71. The van der Waals surface area contributed by atoms with E-state index in [4.69, 9.17) is 0 Å². The molecule has 0 unspecified atom stereocenters. The largest absolute Gasteiger partial charge is 0.339 e. The van der Waals surface area contributed by atoms with Crippen LogP contribution in [0.2, 0.25) is 0 Å². The fourth-order valence-corrected chi connectivity index (χ4v) is 4.20. The second-order valence-corrected chi connectivity index (χ2v) is 8.63. The molecular formula is C22H23N5O2S. The number of hydrogen-bond donors (Lipinski definition) is 1. The Morgan fingerprint density at radius 2 is 1.90 bits per heavy atom. The number of nitrogens with one attached hydrogen (secondary N) is 1. The molecule has 30 heavy (non-hydrogen) atoms. The molecule has 0 saturated carbocycles. The summed E-state index contributed by atoms with van der Waals surface area (Å²) < 4.78 is 0. The number of rotatable bonds is 4. The summed E-state index contributed by atoms with van der Waals surface area (Å²) in [6.07, 6.45) is 2.90. The Labute approximate surface area is 179 Å². The number of nitrogens with zero attached hydrogens (tertiary/aromatic N) is 4. The standard InChI is InChI=1S/C22H23N5O2S/c1-14-6-7-18(13-23-14)22(29)27-10-8-16(9-11-27)20(28)24-19-5-3-4-17(12-19)21-26-25-15(2)30-21/h3-7,12-13,16H,8-11H2,1-2H3,(H,24,28). The van der Waals surface area contributed by atoms with Crippen LogP contribution in [0.4, 0.5) is 5.69 Å². The van der Waals surface area contributed by atoms with Crippen LogP contribution in [0.5, 0.6) is 0 Å². The highest BCUT2D eigenvalue weighted by Gasteiger charge is 2.28. The topological polar surface area (TPSA) is 88.1 Å². The summed E-state index contributed by atoms with van der Waals surface area (Å²) in [5, 5.41) is 13.0. The van der Waals surface area contributed by atoms with Crippen LogP contribution in [0.1, 0.15) is 33.9 Å². The molecule has 7 nitrogen and oxygen atoms in total. The van der Waals surface area contributed by atoms with Gasteiger partial charge in [0.2, 0.25) is 5.91 Å². The van der Waals surface area contributed by atoms with Crippen LogP contribution < -0.4 is 5.32 Å². The van der Waals surface area contributed by atoms with Gasteiger partial charge in [0.25, 0.3) is 5.91 Å². The molecule has 0 aliphatic carbocycles. The van der Waals surface area contributed by atoms with Crippen LogP contribution >= 0.6 is 11.3 Å². The smallest absolute Gasteiger partial charge is 0.255 e. The number of hydrogen-bond acceptors (Lipinski definition) is 6. The van der Waals surface area contributed by atoms with Gasteiger partial charge in [-0.2, -0.15) is 0 Å². The molecule has 154 valence electrons. The van der Waals surface area contributed by atoms with Crippen molar-refractivity contribution in [2.45, 2.75) is 26.7 Å². The first-order valence-electron chi connectivity index (χ1n) is 9.93. The Kier molecular flexibility index (Phi) is 5.85. The van der Waals surface area contributed by atoms with E-state index < -0.39 is 0 Å². The minimum atomic E-state index is -0.113. The second-order valence-electron chi connectivity index (χ2n) is 7.45. The van der Waals surface area contributed by atoms with E-state index >= 15 is 0 Å². The molecule has 8 heteroatoms. The summed E-state index contributed by atoms with van der Waals surface area (Å²) in [4.78, 5) is 31.4. The van der Waals surface area contributed by atoms with Crippen LogP contribution in [-0.2, 0) is 4.79 Å². The van der Waals surface area contributed by atoms with Gasteiger partial charge in [-0.15, -0.1) is 10.2 Å². The SMILES string of the molecule is Cc1ccc(C(=O)N2CCC(C(=O)Nc3cccc(-c4nnc(C)s4)c3)CC2)cn1. The maximum atomic E-state index is 12.8. The van der Waals surface area contributed by atoms with Crippen LogP contribution in [0.3, 0.4) is 0 Å². The normalized spacial score (nSPS) is 14.5. The first-order valence-corrected chi connectivity index (χ1v) is 10.7. The summed E-state index contributed by atoms with van der Waals surface area (Å²) in [5.74, 6) is -0.149.